The maximum atomic E-state index is 13.0. The van der Waals surface area contributed by atoms with Crippen LogP contribution in [0, 0.1) is 0 Å². The van der Waals surface area contributed by atoms with E-state index in [1.54, 1.807) is 49.8 Å². The molecule has 0 spiro atoms. The summed E-state index contributed by atoms with van der Waals surface area (Å²) in [6, 6.07) is 7.66. The standard InChI is InChI=1S/C22H24N2O6/c1-28-13-5-12-24-19(14-8-10-23-11-9-14)18(21(26)22(24)27)20(25)17-15(29-2)6-4-7-16(17)30-3/h4,6-11,19,25H,5,12-13H2,1-3H3/b20-18+. The van der Waals surface area contributed by atoms with Crippen molar-refractivity contribution in [1.82, 2.24) is 9.88 Å². The van der Waals surface area contributed by atoms with Crippen LogP contribution in [0.3, 0.4) is 0 Å². The fraction of sp³-hybridized carbons (Fsp3) is 0.318. The molecule has 158 valence electrons. The molecule has 1 aromatic carbocycles. The number of carbonyl (C=O) groups is 2. The number of benzene rings is 1. The number of pyridine rings is 1. The minimum atomic E-state index is -0.764. The highest BCUT2D eigenvalue weighted by Crippen LogP contribution is 2.43. The van der Waals surface area contributed by atoms with Gasteiger partial charge >= 0.3 is 0 Å². The lowest BCUT2D eigenvalue weighted by molar-refractivity contribution is -0.140. The smallest absolute Gasteiger partial charge is 0.295 e. The van der Waals surface area contributed by atoms with Crippen molar-refractivity contribution in [2.45, 2.75) is 12.5 Å². The molecule has 1 unspecified atom stereocenters. The molecule has 30 heavy (non-hydrogen) atoms. The van der Waals surface area contributed by atoms with E-state index in [0.717, 1.165) is 0 Å². The number of nitrogens with zero attached hydrogens (tertiary/aromatic N) is 2. The molecule has 1 aliphatic rings. The van der Waals surface area contributed by atoms with Gasteiger partial charge in [-0.25, -0.2) is 0 Å². The van der Waals surface area contributed by atoms with Crippen LogP contribution in [0.2, 0.25) is 0 Å². The SMILES string of the molecule is COCCCN1C(=O)C(=O)/C(=C(/O)c2c(OC)cccc2OC)C1c1ccncc1. The third-order valence-corrected chi connectivity index (χ3v) is 4.97. The first-order valence-corrected chi connectivity index (χ1v) is 9.43. The number of ether oxygens (including phenoxy) is 3. The number of rotatable bonds is 8. The molecular formula is C22H24N2O6. The molecule has 0 bridgehead atoms. The maximum Gasteiger partial charge on any atom is 0.295 e. The summed E-state index contributed by atoms with van der Waals surface area (Å²) in [6.45, 7) is 0.734. The van der Waals surface area contributed by atoms with Crippen molar-refractivity contribution >= 4 is 17.4 Å². The maximum absolute atomic E-state index is 13.0. The Labute approximate surface area is 174 Å². The summed E-state index contributed by atoms with van der Waals surface area (Å²) in [5.41, 5.74) is 0.861. The molecule has 1 aromatic heterocycles. The van der Waals surface area contributed by atoms with Crippen molar-refractivity contribution in [3.05, 3.63) is 59.4 Å². The molecular weight excluding hydrogens is 388 g/mol. The van der Waals surface area contributed by atoms with Gasteiger partial charge < -0.3 is 24.2 Å². The van der Waals surface area contributed by atoms with E-state index in [9.17, 15) is 14.7 Å². The van der Waals surface area contributed by atoms with Crippen molar-refractivity contribution in [3.8, 4) is 11.5 Å². The highest BCUT2D eigenvalue weighted by Gasteiger charge is 2.46. The summed E-state index contributed by atoms with van der Waals surface area (Å²) in [5.74, 6) is -1.14. The van der Waals surface area contributed by atoms with Crippen LogP contribution in [0.5, 0.6) is 11.5 Å². The third kappa shape index (κ3) is 3.86. The average Bonchev–Trinajstić information content (AvgIpc) is 3.03. The summed E-state index contributed by atoms with van der Waals surface area (Å²) >= 11 is 0. The lowest BCUT2D eigenvalue weighted by Crippen LogP contribution is -2.31. The molecule has 1 N–H and O–H groups in total. The first-order chi connectivity index (χ1) is 14.5. The van der Waals surface area contributed by atoms with Crippen LogP contribution < -0.4 is 9.47 Å². The summed E-state index contributed by atoms with van der Waals surface area (Å²) < 4.78 is 15.8. The molecule has 0 aliphatic carbocycles. The zero-order valence-corrected chi connectivity index (χ0v) is 17.1. The zero-order valence-electron chi connectivity index (χ0n) is 17.1. The molecule has 0 saturated carbocycles. The van der Waals surface area contributed by atoms with Crippen molar-refractivity contribution in [2.24, 2.45) is 0 Å². The van der Waals surface area contributed by atoms with Gasteiger partial charge in [0.2, 0.25) is 0 Å². The summed E-state index contributed by atoms with van der Waals surface area (Å²) in [5, 5.41) is 11.2. The van der Waals surface area contributed by atoms with Crippen LogP contribution in [-0.4, -0.2) is 61.2 Å². The normalized spacial score (nSPS) is 18.0. The fourth-order valence-corrected chi connectivity index (χ4v) is 3.60. The van der Waals surface area contributed by atoms with Crippen molar-refractivity contribution < 1.29 is 28.9 Å². The number of Topliss-reactive ketones (excluding diaryl/α,β-unsaturated/α-hetero) is 1. The van der Waals surface area contributed by atoms with Gasteiger partial charge in [0.15, 0.2) is 0 Å². The van der Waals surface area contributed by atoms with Crippen LogP contribution in [0.1, 0.15) is 23.6 Å². The van der Waals surface area contributed by atoms with Crippen LogP contribution >= 0.6 is 0 Å². The second-order valence-electron chi connectivity index (χ2n) is 6.66. The second kappa shape index (κ2) is 9.41. The van der Waals surface area contributed by atoms with E-state index in [2.05, 4.69) is 4.98 Å². The molecule has 1 amide bonds. The number of hydrogen-bond acceptors (Lipinski definition) is 7. The Hall–Kier alpha value is -3.39. The minimum Gasteiger partial charge on any atom is -0.506 e. The van der Waals surface area contributed by atoms with E-state index in [-0.39, 0.29) is 16.9 Å². The number of aromatic nitrogens is 1. The molecule has 2 aromatic rings. The van der Waals surface area contributed by atoms with Gasteiger partial charge in [-0.3, -0.25) is 14.6 Å². The van der Waals surface area contributed by atoms with Crippen LogP contribution in [0.25, 0.3) is 5.76 Å². The lowest BCUT2D eigenvalue weighted by Gasteiger charge is -2.25. The Morgan fingerprint density at radius 3 is 2.27 bits per heavy atom. The number of aliphatic hydroxyl groups is 1. The molecule has 0 radical (unpaired) electrons. The van der Waals surface area contributed by atoms with Crippen LogP contribution in [0.4, 0.5) is 0 Å². The minimum absolute atomic E-state index is 0.0218. The van der Waals surface area contributed by atoms with E-state index in [4.69, 9.17) is 14.2 Å². The van der Waals surface area contributed by atoms with Gasteiger partial charge in [0.25, 0.3) is 11.7 Å². The summed E-state index contributed by atoms with van der Waals surface area (Å²) in [7, 11) is 4.48. The highest BCUT2D eigenvalue weighted by molar-refractivity contribution is 6.46. The number of ketones is 1. The van der Waals surface area contributed by atoms with Crippen LogP contribution in [-0.2, 0) is 14.3 Å². The van der Waals surface area contributed by atoms with E-state index >= 15 is 0 Å². The molecule has 3 rings (SSSR count). The lowest BCUT2D eigenvalue weighted by atomic mass is 9.95. The van der Waals surface area contributed by atoms with Gasteiger partial charge in [0, 0.05) is 32.7 Å². The zero-order chi connectivity index (χ0) is 21.7. The fourth-order valence-electron chi connectivity index (χ4n) is 3.60. The second-order valence-corrected chi connectivity index (χ2v) is 6.66. The van der Waals surface area contributed by atoms with E-state index < -0.39 is 17.7 Å². The van der Waals surface area contributed by atoms with Gasteiger partial charge in [-0.1, -0.05) is 6.07 Å². The molecule has 1 saturated heterocycles. The number of hydrogen-bond donors (Lipinski definition) is 1. The predicted molar refractivity (Wildman–Crippen MR) is 109 cm³/mol. The Morgan fingerprint density at radius 2 is 1.70 bits per heavy atom. The molecule has 1 atom stereocenters. The molecule has 1 aliphatic heterocycles. The Kier molecular flexibility index (Phi) is 6.68. The molecule has 1 fully saturated rings. The first-order valence-electron chi connectivity index (χ1n) is 9.43. The topological polar surface area (TPSA) is 98.2 Å². The Morgan fingerprint density at radius 1 is 1.07 bits per heavy atom. The molecule has 2 heterocycles. The quantitative estimate of drug-likeness (QED) is 0.308. The van der Waals surface area contributed by atoms with E-state index in [1.165, 1.54) is 19.1 Å². The number of aliphatic hydroxyl groups excluding tert-OH is 1. The average molecular weight is 412 g/mol. The monoisotopic (exact) mass is 412 g/mol. The van der Waals surface area contributed by atoms with Crippen molar-refractivity contribution in [1.29, 1.82) is 0 Å². The molecule has 8 nitrogen and oxygen atoms in total. The van der Waals surface area contributed by atoms with E-state index in [0.29, 0.717) is 36.6 Å². The van der Waals surface area contributed by atoms with Gasteiger partial charge in [0.05, 0.1) is 25.8 Å². The third-order valence-electron chi connectivity index (χ3n) is 4.97. The van der Waals surface area contributed by atoms with Gasteiger partial charge in [-0.05, 0) is 36.2 Å². The molecule has 8 heteroatoms. The number of amides is 1. The van der Waals surface area contributed by atoms with Gasteiger partial charge in [-0.15, -0.1) is 0 Å². The summed E-state index contributed by atoms with van der Waals surface area (Å²) in [4.78, 5) is 31.3. The van der Waals surface area contributed by atoms with E-state index in [1.807, 2.05) is 0 Å². The highest BCUT2D eigenvalue weighted by atomic mass is 16.5. The predicted octanol–water partition coefficient (Wildman–Crippen LogP) is 2.56. The van der Waals surface area contributed by atoms with Gasteiger partial charge in [0.1, 0.15) is 22.8 Å². The van der Waals surface area contributed by atoms with Crippen LogP contribution in [0.15, 0.2) is 48.3 Å². The van der Waals surface area contributed by atoms with Crippen molar-refractivity contribution in [3.63, 3.8) is 0 Å². The first kappa shape index (κ1) is 21.3. The Balaban J connectivity index is 2.20. The Bertz CT molecular complexity index is 935. The number of methoxy groups -OCH3 is 3. The number of likely N-dealkylation sites (tertiary alicyclic amines) is 1. The van der Waals surface area contributed by atoms with Gasteiger partial charge in [-0.2, -0.15) is 0 Å². The number of carbonyl (C=O) groups excluding carboxylic acids is 2. The van der Waals surface area contributed by atoms with Crippen molar-refractivity contribution in [2.75, 3.05) is 34.5 Å². The summed E-state index contributed by atoms with van der Waals surface area (Å²) in [6.07, 6.45) is 3.70. The largest absolute Gasteiger partial charge is 0.506 e.